The Bertz CT molecular complexity index is 791. The van der Waals surface area contributed by atoms with E-state index >= 15 is 0 Å². The van der Waals surface area contributed by atoms with Crippen LogP contribution >= 0.6 is 11.3 Å². The zero-order chi connectivity index (χ0) is 17.1. The lowest BCUT2D eigenvalue weighted by molar-refractivity contribution is -0.121. The van der Waals surface area contributed by atoms with E-state index in [1.807, 2.05) is 43.2 Å². The molecule has 1 atom stereocenters. The summed E-state index contributed by atoms with van der Waals surface area (Å²) in [6, 6.07) is 8.51. The fourth-order valence-electron chi connectivity index (χ4n) is 2.69. The number of amides is 1. The number of aromatic nitrogens is 2. The minimum Gasteiger partial charge on any atom is -0.378 e. The van der Waals surface area contributed by atoms with Crippen LogP contribution in [0.2, 0.25) is 0 Å². The van der Waals surface area contributed by atoms with Crippen molar-refractivity contribution in [3.8, 4) is 0 Å². The quantitative estimate of drug-likeness (QED) is 0.749. The van der Waals surface area contributed by atoms with Crippen LogP contribution in [-0.4, -0.2) is 35.4 Å². The molecule has 0 spiro atoms. The van der Waals surface area contributed by atoms with Gasteiger partial charge in [0.25, 0.3) is 0 Å². The number of thiazole rings is 1. The zero-order valence-corrected chi connectivity index (χ0v) is 15.0. The number of anilines is 1. The molecular weight excluding hydrogens is 320 g/mol. The second kappa shape index (κ2) is 7.05. The summed E-state index contributed by atoms with van der Waals surface area (Å²) in [6.07, 6.45) is 5.00. The first-order chi connectivity index (χ1) is 11.5. The number of fused-ring (bicyclic) bond motifs is 1. The van der Waals surface area contributed by atoms with Crippen LogP contribution in [0.4, 0.5) is 5.69 Å². The second-order valence-electron chi connectivity index (χ2n) is 6.24. The molecule has 5 nitrogen and oxygen atoms in total. The van der Waals surface area contributed by atoms with Crippen molar-refractivity contribution in [2.75, 3.05) is 19.0 Å². The Kier molecular flexibility index (Phi) is 4.85. The minimum atomic E-state index is 0.0122. The fourth-order valence-corrected chi connectivity index (χ4v) is 3.41. The van der Waals surface area contributed by atoms with Crippen LogP contribution in [0.15, 0.2) is 42.0 Å². The predicted molar refractivity (Wildman–Crippen MR) is 98.9 cm³/mol. The molecule has 3 rings (SSSR count). The van der Waals surface area contributed by atoms with E-state index in [4.69, 9.17) is 0 Å². The Hall–Kier alpha value is -2.34. The maximum atomic E-state index is 12.2. The molecule has 0 saturated carbocycles. The summed E-state index contributed by atoms with van der Waals surface area (Å²) >= 11 is 1.57. The van der Waals surface area contributed by atoms with E-state index in [2.05, 4.69) is 39.5 Å². The molecule has 1 aromatic carbocycles. The van der Waals surface area contributed by atoms with Crippen molar-refractivity contribution in [2.45, 2.75) is 25.8 Å². The van der Waals surface area contributed by atoms with Gasteiger partial charge in [-0.3, -0.25) is 9.20 Å². The molecular formula is C18H22N4OS. The number of carbonyl (C=O) groups is 1. The van der Waals surface area contributed by atoms with E-state index in [0.717, 1.165) is 17.1 Å². The van der Waals surface area contributed by atoms with Gasteiger partial charge in [-0.15, -0.1) is 11.3 Å². The minimum absolute atomic E-state index is 0.0122. The predicted octanol–water partition coefficient (Wildman–Crippen LogP) is 2.75. The van der Waals surface area contributed by atoms with Gasteiger partial charge in [0.05, 0.1) is 12.1 Å². The molecule has 126 valence electrons. The van der Waals surface area contributed by atoms with Gasteiger partial charge in [0.2, 0.25) is 5.91 Å². The fraction of sp³-hybridized carbons (Fsp3) is 0.333. The highest BCUT2D eigenvalue weighted by Crippen LogP contribution is 2.14. The number of nitrogens with zero attached hydrogens (tertiary/aromatic N) is 3. The van der Waals surface area contributed by atoms with Crippen molar-refractivity contribution >= 4 is 27.9 Å². The largest absolute Gasteiger partial charge is 0.378 e. The van der Waals surface area contributed by atoms with Crippen LogP contribution < -0.4 is 10.2 Å². The standard InChI is InChI=1S/C18H22N4OS/c1-13(10-14-4-6-16(7-5-14)21(2)3)19-17(23)11-15-12-22-8-9-24-18(22)20-15/h4-9,12-13H,10-11H2,1-3H3,(H,19,23). The van der Waals surface area contributed by atoms with Gasteiger partial charge in [0.15, 0.2) is 4.96 Å². The van der Waals surface area contributed by atoms with Crippen molar-refractivity contribution in [1.29, 1.82) is 0 Å². The molecule has 0 bridgehead atoms. The van der Waals surface area contributed by atoms with Crippen molar-refractivity contribution in [3.05, 3.63) is 53.3 Å². The van der Waals surface area contributed by atoms with Crippen molar-refractivity contribution in [2.24, 2.45) is 0 Å². The topological polar surface area (TPSA) is 49.6 Å². The Morgan fingerprint density at radius 2 is 2.08 bits per heavy atom. The van der Waals surface area contributed by atoms with Gasteiger partial charge >= 0.3 is 0 Å². The van der Waals surface area contributed by atoms with Crippen LogP contribution in [-0.2, 0) is 17.6 Å². The summed E-state index contributed by atoms with van der Waals surface area (Å²) in [5.41, 5.74) is 3.20. The van der Waals surface area contributed by atoms with Crippen LogP contribution in [0, 0.1) is 0 Å². The summed E-state index contributed by atoms with van der Waals surface area (Å²) in [4.78, 5) is 19.6. The third-order valence-electron chi connectivity index (χ3n) is 3.89. The molecule has 0 fully saturated rings. The molecule has 0 radical (unpaired) electrons. The first-order valence-corrected chi connectivity index (χ1v) is 8.86. The Morgan fingerprint density at radius 3 is 2.75 bits per heavy atom. The van der Waals surface area contributed by atoms with Crippen molar-refractivity contribution in [3.63, 3.8) is 0 Å². The third kappa shape index (κ3) is 3.94. The van der Waals surface area contributed by atoms with E-state index in [9.17, 15) is 4.79 Å². The number of rotatable bonds is 6. The van der Waals surface area contributed by atoms with Crippen LogP contribution in [0.5, 0.6) is 0 Å². The smallest absolute Gasteiger partial charge is 0.226 e. The first-order valence-electron chi connectivity index (χ1n) is 7.98. The zero-order valence-electron chi connectivity index (χ0n) is 14.2. The van der Waals surface area contributed by atoms with Gasteiger partial charge in [0.1, 0.15) is 0 Å². The Balaban J connectivity index is 1.52. The molecule has 2 aromatic heterocycles. The number of hydrogen-bond donors (Lipinski definition) is 1. The molecule has 6 heteroatoms. The summed E-state index contributed by atoms with van der Waals surface area (Å²) in [5, 5.41) is 5.04. The molecule has 24 heavy (non-hydrogen) atoms. The second-order valence-corrected chi connectivity index (χ2v) is 7.11. The Morgan fingerprint density at radius 1 is 1.33 bits per heavy atom. The third-order valence-corrected chi connectivity index (χ3v) is 4.66. The van der Waals surface area contributed by atoms with Crippen LogP contribution in [0.1, 0.15) is 18.2 Å². The Labute approximate surface area is 145 Å². The molecule has 3 aromatic rings. The van der Waals surface area contributed by atoms with Crippen LogP contribution in [0.3, 0.4) is 0 Å². The summed E-state index contributed by atoms with van der Waals surface area (Å²) in [7, 11) is 4.05. The molecule has 0 aliphatic heterocycles. The summed E-state index contributed by atoms with van der Waals surface area (Å²) < 4.78 is 1.95. The van der Waals surface area contributed by atoms with Gasteiger partial charge in [0, 0.05) is 43.6 Å². The monoisotopic (exact) mass is 342 g/mol. The van der Waals surface area contributed by atoms with E-state index in [0.29, 0.717) is 6.42 Å². The van der Waals surface area contributed by atoms with E-state index in [1.165, 1.54) is 11.3 Å². The number of hydrogen-bond acceptors (Lipinski definition) is 4. The highest BCUT2D eigenvalue weighted by Gasteiger charge is 2.11. The number of carbonyl (C=O) groups excluding carboxylic acids is 1. The summed E-state index contributed by atoms with van der Waals surface area (Å²) in [6.45, 7) is 2.03. The van der Waals surface area contributed by atoms with Crippen molar-refractivity contribution < 1.29 is 4.79 Å². The number of benzene rings is 1. The maximum Gasteiger partial charge on any atom is 0.226 e. The normalized spacial score (nSPS) is 12.3. The van der Waals surface area contributed by atoms with E-state index in [-0.39, 0.29) is 11.9 Å². The molecule has 2 heterocycles. The lowest BCUT2D eigenvalue weighted by atomic mass is 10.1. The molecule has 0 saturated heterocycles. The van der Waals surface area contributed by atoms with Gasteiger partial charge in [-0.25, -0.2) is 4.98 Å². The van der Waals surface area contributed by atoms with Gasteiger partial charge in [-0.2, -0.15) is 0 Å². The SMILES string of the molecule is CC(Cc1ccc(N(C)C)cc1)NC(=O)Cc1cn2ccsc2n1. The number of nitrogens with one attached hydrogen (secondary N) is 1. The molecule has 0 aliphatic carbocycles. The first kappa shape index (κ1) is 16.5. The summed E-state index contributed by atoms with van der Waals surface area (Å²) in [5.74, 6) is 0.0122. The van der Waals surface area contributed by atoms with E-state index < -0.39 is 0 Å². The van der Waals surface area contributed by atoms with E-state index in [1.54, 1.807) is 11.3 Å². The lowest BCUT2D eigenvalue weighted by Crippen LogP contribution is -2.35. The highest BCUT2D eigenvalue weighted by atomic mass is 32.1. The maximum absolute atomic E-state index is 12.2. The highest BCUT2D eigenvalue weighted by molar-refractivity contribution is 7.15. The van der Waals surface area contributed by atoms with Gasteiger partial charge in [-0.1, -0.05) is 12.1 Å². The lowest BCUT2D eigenvalue weighted by Gasteiger charge is -2.16. The number of imidazole rings is 1. The molecule has 0 aliphatic rings. The molecule has 1 unspecified atom stereocenters. The van der Waals surface area contributed by atoms with Crippen molar-refractivity contribution in [1.82, 2.24) is 14.7 Å². The molecule has 1 N–H and O–H groups in total. The van der Waals surface area contributed by atoms with Gasteiger partial charge < -0.3 is 10.2 Å². The average molecular weight is 342 g/mol. The molecule has 1 amide bonds. The van der Waals surface area contributed by atoms with Gasteiger partial charge in [-0.05, 0) is 31.0 Å². The average Bonchev–Trinajstić information content (AvgIpc) is 3.08. The van der Waals surface area contributed by atoms with Crippen LogP contribution in [0.25, 0.3) is 4.96 Å².